The van der Waals surface area contributed by atoms with Crippen LogP contribution in [0.3, 0.4) is 0 Å². The number of aryl methyl sites for hydroxylation is 1. The highest BCUT2D eigenvalue weighted by Crippen LogP contribution is 2.30. The molecule has 0 aliphatic rings. The molecule has 146 valence electrons. The molecule has 1 heterocycles. The van der Waals surface area contributed by atoms with Crippen LogP contribution in [0, 0.1) is 0 Å². The number of rotatable bonds is 4. The van der Waals surface area contributed by atoms with E-state index in [4.69, 9.17) is 0 Å². The highest BCUT2D eigenvalue weighted by atomic mass is 19.4. The quantitative estimate of drug-likeness (QED) is 0.469. The zero-order valence-electron chi connectivity index (χ0n) is 15.4. The molecular formula is C23H17F3N2O. The van der Waals surface area contributed by atoms with Gasteiger partial charge in [-0.1, -0.05) is 54.6 Å². The van der Waals surface area contributed by atoms with Crippen molar-refractivity contribution in [3.8, 4) is 11.4 Å². The van der Waals surface area contributed by atoms with Crippen LogP contribution >= 0.6 is 0 Å². The summed E-state index contributed by atoms with van der Waals surface area (Å²) in [4.78, 5) is 17.7. The van der Waals surface area contributed by atoms with Crippen LogP contribution in [0.5, 0.6) is 0 Å². The Morgan fingerprint density at radius 2 is 1.48 bits per heavy atom. The van der Waals surface area contributed by atoms with E-state index in [-0.39, 0.29) is 5.56 Å². The molecule has 3 nitrogen and oxygen atoms in total. The van der Waals surface area contributed by atoms with Crippen LogP contribution in [-0.4, -0.2) is 9.55 Å². The maximum atomic E-state index is 13.1. The van der Waals surface area contributed by atoms with E-state index in [9.17, 15) is 18.0 Å². The minimum atomic E-state index is -4.41. The first-order chi connectivity index (χ1) is 13.9. The minimum absolute atomic E-state index is 0.207. The summed E-state index contributed by atoms with van der Waals surface area (Å²) in [5.74, 6) is 0.360. The van der Waals surface area contributed by atoms with Gasteiger partial charge in [-0.25, -0.2) is 4.98 Å². The molecule has 0 spiro atoms. The molecule has 0 saturated heterocycles. The summed E-state index contributed by atoms with van der Waals surface area (Å²) >= 11 is 0. The van der Waals surface area contributed by atoms with E-state index in [1.165, 1.54) is 16.7 Å². The van der Waals surface area contributed by atoms with E-state index in [1.54, 1.807) is 24.3 Å². The highest BCUT2D eigenvalue weighted by Gasteiger charge is 2.30. The molecule has 4 aromatic rings. The zero-order chi connectivity index (χ0) is 20.4. The largest absolute Gasteiger partial charge is 0.416 e. The van der Waals surface area contributed by atoms with Crippen LogP contribution in [-0.2, 0) is 19.1 Å². The molecule has 4 rings (SSSR count). The summed E-state index contributed by atoms with van der Waals surface area (Å²) in [6, 6.07) is 21.4. The molecule has 0 bridgehead atoms. The van der Waals surface area contributed by atoms with Crippen LogP contribution < -0.4 is 5.56 Å². The number of hydrogen-bond acceptors (Lipinski definition) is 2. The van der Waals surface area contributed by atoms with Gasteiger partial charge in [-0.3, -0.25) is 9.36 Å². The van der Waals surface area contributed by atoms with Gasteiger partial charge >= 0.3 is 6.18 Å². The molecule has 0 fully saturated rings. The van der Waals surface area contributed by atoms with Gasteiger partial charge in [0.05, 0.1) is 16.5 Å². The second-order valence-electron chi connectivity index (χ2n) is 6.72. The third-order valence-electron chi connectivity index (χ3n) is 4.80. The molecule has 0 radical (unpaired) electrons. The van der Waals surface area contributed by atoms with Crippen molar-refractivity contribution >= 4 is 10.9 Å². The molecule has 6 heteroatoms. The number of aromatic nitrogens is 2. The normalized spacial score (nSPS) is 11.7. The summed E-state index contributed by atoms with van der Waals surface area (Å²) < 4.78 is 40.3. The Balaban J connectivity index is 1.82. The predicted octanol–water partition coefficient (Wildman–Crippen LogP) is 5.33. The average Bonchev–Trinajstić information content (AvgIpc) is 2.73. The van der Waals surface area contributed by atoms with Crippen molar-refractivity contribution in [1.29, 1.82) is 0 Å². The van der Waals surface area contributed by atoms with Gasteiger partial charge in [0.2, 0.25) is 0 Å². The number of para-hydroxylation sites is 1. The summed E-state index contributed by atoms with van der Waals surface area (Å²) in [7, 11) is 0. The summed E-state index contributed by atoms with van der Waals surface area (Å²) in [6.45, 7) is 0.372. The number of benzene rings is 3. The van der Waals surface area contributed by atoms with Gasteiger partial charge in [0.15, 0.2) is 0 Å². The fourth-order valence-corrected chi connectivity index (χ4v) is 3.29. The van der Waals surface area contributed by atoms with Gasteiger partial charge < -0.3 is 0 Å². The molecule has 0 amide bonds. The molecule has 3 aromatic carbocycles. The van der Waals surface area contributed by atoms with E-state index in [2.05, 4.69) is 4.98 Å². The van der Waals surface area contributed by atoms with Gasteiger partial charge in [-0.05, 0) is 36.2 Å². The van der Waals surface area contributed by atoms with Crippen molar-refractivity contribution in [3.63, 3.8) is 0 Å². The maximum absolute atomic E-state index is 13.1. The van der Waals surface area contributed by atoms with Gasteiger partial charge in [0.1, 0.15) is 5.82 Å². The highest BCUT2D eigenvalue weighted by molar-refractivity contribution is 5.79. The number of alkyl halides is 3. The van der Waals surface area contributed by atoms with Crippen molar-refractivity contribution in [2.75, 3.05) is 0 Å². The lowest BCUT2D eigenvalue weighted by Gasteiger charge is -2.15. The first-order valence-electron chi connectivity index (χ1n) is 9.14. The molecule has 1 aromatic heterocycles. The lowest BCUT2D eigenvalue weighted by Crippen LogP contribution is -2.24. The average molecular weight is 394 g/mol. The Labute approximate surface area is 165 Å². The van der Waals surface area contributed by atoms with Gasteiger partial charge in [-0.15, -0.1) is 0 Å². The van der Waals surface area contributed by atoms with Crippen molar-refractivity contribution in [2.24, 2.45) is 0 Å². The van der Waals surface area contributed by atoms with Gasteiger partial charge in [-0.2, -0.15) is 13.2 Å². The maximum Gasteiger partial charge on any atom is 0.416 e. The van der Waals surface area contributed by atoms with Crippen LogP contribution in [0.25, 0.3) is 22.3 Å². The molecule has 0 unspecified atom stereocenters. The molecule has 0 atom stereocenters. The van der Waals surface area contributed by atoms with Crippen molar-refractivity contribution in [3.05, 3.63) is 100 Å². The monoisotopic (exact) mass is 394 g/mol. The molecule has 0 N–H and O–H groups in total. The van der Waals surface area contributed by atoms with Crippen LogP contribution in [0.4, 0.5) is 13.2 Å². The standard InChI is InChI=1S/C23H17F3N2O/c24-23(25,26)18-12-10-17(11-13-18)21-27-20-9-5-4-8-19(20)22(29)28(21)15-14-16-6-2-1-3-7-16/h1-13H,14-15H2. The summed E-state index contributed by atoms with van der Waals surface area (Å²) in [5, 5.41) is 0.483. The van der Waals surface area contributed by atoms with E-state index >= 15 is 0 Å². The van der Waals surface area contributed by atoms with Crippen LogP contribution in [0.15, 0.2) is 83.7 Å². The van der Waals surface area contributed by atoms with E-state index < -0.39 is 11.7 Å². The predicted molar refractivity (Wildman–Crippen MR) is 107 cm³/mol. The van der Waals surface area contributed by atoms with Crippen molar-refractivity contribution < 1.29 is 13.2 Å². The number of halogens is 3. The van der Waals surface area contributed by atoms with E-state index in [1.807, 2.05) is 30.3 Å². The molecule has 0 aliphatic heterocycles. The second-order valence-corrected chi connectivity index (χ2v) is 6.72. The van der Waals surface area contributed by atoms with E-state index in [0.717, 1.165) is 17.7 Å². The molecule has 29 heavy (non-hydrogen) atoms. The summed E-state index contributed by atoms with van der Waals surface area (Å²) in [6.07, 6.45) is -3.81. The van der Waals surface area contributed by atoms with Crippen molar-refractivity contribution in [2.45, 2.75) is 19.1 Å². The van der Waals surface area contributed by atoms with Crippen LogP contribution in [0.2, 0.25) is 0 Å². The number of fused-ring (bicyclic) bond motifs is 1. The molecular weight excluding hydrogens is 377 g/mol. The third-order valence-corrected chi connectivity index (χ3v) is 4.80. The van der Waals surface area contributed by atoms with Gasteiger partial charge in [0, 0.05) is 12.1 Å². The Kier molecular flexibility index (Phi) is 4.92. The lowest BCUT2D eigenvalue weighted by molar-refractivity contribution is -0.137. The number of hydrogen-bond donors (Lipinski definition) is 0. The summed E-state index contributed by atoms with van der Waals surface area (Å²) in [5.41, 5.74) is 1.10. The second kappa shape index (κ2) is 7.54. The Morgan fingerprint density at radius 1 is 0.828 bits per heavy atom. The minimum Gasteiger partial charge on any atom is -0.292 e. The first-order valence-corrected chi connectivity index (χ1v) is 9.14. The zero-order valence-corrected chi connectivity index (χ0v) is 15.4. The van der Waals surface area contributed by atoms with Gasteiger partial charge in [0.25, 0.3) is 5.56 Å². The van der Waals surface area contributed by atoms with Crippen molar-refractivity contribution in [1.82, 2.24) is 9.55 Å². The number of nitrogens with zero attached hydrogens (tertiary/aromatic N) is 2. The Hall–Kier alpha value is -3.41. The van der Waals surface area contributed by atoms with E-state index in [0.29, 0.717) is 35.3 Å². The fourth-order valence-electron chi connectivity index (χ4n) is 3.29. The molecule has 0 aliphatic carbocycles. The SMILES string of the molecule is O=c1c2ccccc2nc(-c2ccc(C(F)(F)F)cc2)n1CCc1ccccc1. The Morgan fingerprint density at radius 3 is 2.17 bits per heavy atom. The fraction of sp³-hybridized carbons (Fsp3) is 0.130. The lowest BCUT2D eigenvalue weighted by atomic mass is 10.1. The smallest absolute Gasteiger partial charge is 0.292 e. The topological polar surface area (TPSA) is 34.9 Å². The Bertz CT molecular complexity index is 1200. The molecule has 0 saturated carbocycles. The van der Waals surface area contributed by atoms with Crippen LogP contribution in [0.1, 0.15) is 11.1 Å². The third kappa shape index (κ3) is 3.92. The first kappa shape index (κ1) is 18.9.